The van der Waals surface area contributed by atoms with Crippen LogP contribution in [0, 0.1) is 0 Å². The number of carbonyl (C=O) groups is 2. The first kappa shape index (κ1) is 13.3. The van der Waals surface area contributed by atoms with Crippen LogP contribution >= 0.6 is 0 Å². The van der Waals surface area contributed by atoms with E-state index in [1.165, 1.54) is 4.90 Å². The summed E-state index contributed by atoms with van der Waals surface area (Å²) >= 11 is 0. The van der Waals surface area contributed by atoms with Gasteiger partial charge in [-0.2, -0.15) is 0 Å². The van der Waals surface area contributed by atoms with Gasteiger partial charge in [0.1, 0.15) is 12.3 Å². The Morgan fingerprint density at radius 1 is 1.47 bits per heavy atom. The van der Waals surface area contributed by atoms with Crippen LogP contribution in [0.5, 0.6) is 0 Å². The number of amides is 1. The molecule has 0 saturated carbocycles. The summed E-state index contributed by atoms with van der Waals surface area (Å²) in [4.78, 5) is 24.2. The fourth-order valence-corrected chi connectivity index (χ4v) is 1.36. The summed E-state index contributed by atoms with van der Waals surface area (Å²) in [6.07, 6.45) is 2.44. The summed E-state index contributed by atoms with van der Waals surface area (Å²) in [5.74, 6) is 0.277. The second-order valence-corrected chi connectivity index (χ2v) is 3.63. The van der Waals surface area contributed by atoms with Crippen molar-refractivity contribution in [3.05, 3.63) is 24.2 Å². The first-order chi connectivity index (χ1) is 8.13. The molecule has 0 aliphatic rings. The fraction of sp³-hybridized carbons (Fsp3) is 0.500. The zero-order valence-electron chi connectivity index (χ0n) is 10.1. The predicted molar refractivity (Wildman–Crippen MR) is 61.3 cm³/mol. The molecule has 0 spiro atoms. The maximum absolute atomic E-state index is 11.7. The van der Waals surface area contributed by atoms with E-state index in [2.05, 4.69) is 0 Å². The van der Waals surface area contributed by atoms with Gasteiger partial charge in [0, 0.05) is 19.9 Å². The van der Waals surface area contributed by atoms with Gasteiger partial charge in [-0.3, -0.25) is 9.59 Å². The SMILES string of the molecule is CCOC(=O)CN(C)C(=O)CCc1ccco1. The molecule has 0 atom stereocenters. The van der Waals surface area contributed by atoms with E-state index in [1.807, 2.05) is 6.07 Å². The van der Waals surface area contributed by atoms with Gasteiger partial charge in [-0.25, -0.2) is 0 Å². The Bertz CT molecular complexity index is 359. The van der Waals surface area contributed by atoms with E-state index < -0.39 is 0 Å². The van der Waals surface area contributed by atoms with Crippen LogP contribution in [0.4, 0.5) is 0 Å². The zero-order valence-corrected chi connectivity index (χ0v) is 10.1. The summed E-state index contributed by atoms with van der Waals surface area (Å²) < 4.78 is 9.88. The maximum atomic E-state index is 11.7. The van der Waals surface area contributed by atoms with Crippen molar-refractivity contribution in [3.63, 3.8) is 0 Å². The number of hydrogen-bond acceptors (Lipinski definition) is 4. The minimum absolute atomic E-state index is 0.00910. The van der Waals surface area contributed by atoms with E-state index in [-0.39, 0.29) is 18.4 Å². The Labute approximate surface area is 100 Å². The van der Waals surface area contributed by atoms with E-state index in [9.17, 15) is 9.59 Å². The number of carbonyl (C=O) groups excluding carboxylic acids is 2. The average molecular weight is 239 g/mol. The molecule has 0 aliphatic carbocycles. The highest BCUT2D eigenvalue weighted by atomic mass is 16.5. The van der Waals surface area contributed by atoms with Gasteiger partial charge in [-0.1, -0.05) is 0 Å². The molecule has 0 fully saturated rings. The van der Waals surface area contributed by atoms with Gasteiger partial charge in [0.25, 0.3) is 0 Å². The zero-order chi connectivity index (χ0) is 12.7. The normalized spacial score (nSPS) is 10.0. The molecule has 17 heavy (non-hydrogen) atoms. The monoisotopic (exact) mass is 239 g/mol. The Morgan fingerprint density at radius 2 is 2.24 bits per heavy atom. The fourth-order valence-electron chi connectivity index (χ4n) is 1.36. The summed E-state index contributed by atoms with van der Waals surface area (Å²) in [6.45, 7) is 2.05. The van der Waals surface area contributed by atoms with Crippen LogP contribution in [0.1, 0.15) is 19.1 Å². The number of hydrogen-bond donors (Lipinski definition) is 0. The van der Waals surface area contributed by atoms with Gasteiger partial charge < -0.3 is 14.1 Å². The smallest absolute Gasteiger partial charge is 0.325 e. The van der Waals surface area contributed by atoms with Gasteiger partial charge >= 0.3 is 5.97 Å². The van der Waals surface area contributed by atoms with Crippen molar-refractivity contribution in [2.24, 2.45) is 0 Å². The summed E-state index contributed by atoms with van der Waals surface area (Å²) in [6, 6.07) is 3.60. The van der Waals surface area contributed by atoms with Gasteiger partial charge in [-0.05, 0) is 19.1 Å². The van der Waals surface area contributed by atoms with Crippen molar-refractivity contribution in [3.8, 4) is 0 Å². The highest BCUT2D eigenvalue weighted by molar-refractivity contribution is 5.81. The molecule has 0 unspecified atom stereocenters. The minimum Gasteiger partial charge on any atom is -0.469 e. The maximum Gasteiger partial charge on any atom is 0.325 e. The highest BCUT2D eigenvalue weighted by Gasteiger charge is 2.13. The molecular weight excluding hydrogens is 222 g/mol. The molecule has 1 aromatic heterocycles. The van der Waals surface area contributed by atoms with E-state index >= 15 is 0 Å². The predicted octanol–water partition coefficient (Wildman–Crippen LogP) is 1.23. The Hall–Kier alpha value is -1.78. The number of nitrogens with zero attached hydrogens (tertiary/aromatic N) is 1. The number of rotatable bonds is 6. The van der Waals surface area contributed by atoms with E-state index in [0.29, 0.717) is 19.4 Å². The number of aryl methyl sites for hydroxylation is 1. The van der Waals surface area contributed by atoms with Gasteiger partial charge in [0.2, 0.25) is 5.91 Å². The van der Waals surface area contributed by atoms with Crippen molar-refractivity contribution < 1.29 is 18.7 Å². The lowest BCUT2D eigenvalue weighted by molar-refractivity contribution is -0.148. The molecule has 0 radical (unpaired) electrons. The average Bonchev–Trinajstić information content (AvgIpc) is 2.78. The summed E-state index contributed by atoms with van der Waals surface area (Å²) in [7, 11) is 1.58. The second kappa shape index (κ2) is 6.73. The van der Waals surface area contributed by atoms with Crippen molar-refractivity contribution in [2.75, 3.05) is 20.2 Å². The standard InChI is InChI=1S/C12H17NO4/c1-3-16-12(15)9-13(2)11(14)7-6-10-5-4-8-17-10/h4-5,8H,3,6-7,9H2,1-2H3. The molecule has 5 nitrogen and oxygen atoms in total. The lowest BCUT2D eigenvalue weighted by atomic mass is 10.2. The van der Waals surface area contributed by atoms with Crippen molar-refractivity contribution >= 4 is 11.9 Å². The van der Waals surface area contributed by atoms with Crippen molar-refractivity contribution in [2.45, 2.75) is 19.8 Å². The van der Waals surface area contributed by atoms with E-state index in [0.717, 1.165) is 5.76 Å². The molecular formula is C12H17NO4. The number of likely N-dealkylation sites (N-methyl/N-ethyl adjacent to an activating group) is 1. The highest BCUT2D eigenvalue weighted by Crippen LogP contribution is 2.05. The van der Waals surface area contributed by atoms with Crippen LogP contribution in [0.15, 0.2) is 22.8 Å². The topological polar surface area (TPSA) is 59.8 Å². The Kier molecular flexibility index (Phi) is 5.26. The molecule has 1 amide bonds. The van der Waals surface area contributed by atoms with Crippen LogP contribution in [0.2, 0.25) is 0 Å². The third-order valence-corrected chi connectivity index (χ3v) is 2.26. The van der Waals surface area contributed by atoms with Crippen LogP contribution in [0.25, 0.3) is 0 Å². The van der Waals surface area contributed by atoms with E-state index in [1.54, 1.807) is 26.3 Å². The number of esters is 1. The first-order valence-corrected chi connectivity index (χ1v) is 5.55. The molecule has 0 aromatic carbocycles. The molecule has 1 heterocycles. The third-order valence-electron chi connectivity index (χ3n) is 2.26. The summed E-state index contributed by atoms with van der Waals surface area (Å²) in [5.41, 5.74) is 0. The Balaban J connectivity index is 2.29. The van der Waals surface area contributed by atoms with E-state index in [4.69, 9.17) is 9.15 Å². The van der Waals surface area contributed by atoms with Gasteiger partial charge in [-0.15, -0.1) is 0 Å². The molecule has 0 aliphatic heterocycles. The largest absolute Gasteiger partial charge is 0.469 e. The molecule has 0 N–H and O–H groups in total. The summed E-state index contributed by atoms with van der Waals surface area (Å²) in [5, 5.41) is 0. The molecule has 1 aromatic rings. The van der Waals surface area contributed by atoms with Gasteiger partial charge in [0.15, 0.2) is 0 Å². The third kappa shape index (κ3) is 4.72. The molecule has 5 heteroatoms. The quantitative estimate of drug-likeness (QED) is 0.701. The molecule has 0 saturated heterocycles. The Morgan fingerprint density at radius 3 is 2.82 bits per heavy atom. The molecule has 0 bridgehead atoms. The van der Waals surface area contributed by atoms with Crippen molar-refractivity contribution in [1.82, 2.24) is 4.90 Å². The number of furan rings is 1. The van der Waals surface area contributed by atoms with Gasteiger partial charge in [0.05, 0.1) is 12.9 Å². The molecule has 94 valence electrons. The molecule has 1 rings (SSSR count). The lowest BCUT2D eigenvalue weighted by Gasteiger charge is -2.15. The minimum atomic E-state index is -0.388. The second-order valence-electron chi connectivity index (χ2n) is 3.63. The van der Waals surface area contributed by atoms with Crippen LogP contribution in [-0.4, -0.2) is 37.0 Å². The lowest BCUT2D eigenvalue weighted by Crippen LogP contribution is -2.33. The first-order valence-electron chi connectivity index (χ1n) is 5.55. The van der Waals surface area contributed by atoms with Crippen LogP contribution in [-0.2, 0) is 20.7 Å². The van der Waals surface area contributed by atoms with Crippen molar-refractivity contribution in [1.29, 1.82) is 0 Å². The number of ether oxygens (including phenoxy) is 1. The van der Waals surface area contributed by atoms with Crippen LogP contribution < -0.4 is 0 Å². The van der Waals surface area contributed by atoms with Crippen LogP contribution in [0.3, 0.4) is 0 Å².